The molecule has 3 aromatic rings. The molecule has 1 aliphatic rings. The van der Waals surface area contributed by atoms with Gasteiger partial charge in [-0.15, -0.1) is 0 Å². The highest BCUT2D eigenvalue weighted by molar-refractivity contribution is 7.89. The van der Waals surface area contributed by atoms with Gasteiger partial charge in [-0.3, -0.25) is 14.5 Å². The smallest absolute Gasteiger partial charge is 0.251 e. The lowest BCUT2D eigenvalue weighted by Gasteiger charge is -2.15. The van der Waals surface area contributed by atoms with Crippen LogP contribution in [-0.2, 0) is 23.6 Å². The number of hydrogen-bond acceptors (Lipinski definition) is 5. The third-order valence-electron chi connectivity index (χ3n) is 5.13. The van der Waals surface area contributed by atoms with E-state index >= 15 is 0 Å². The van der Waals surface area contributed by atoms with Gasteiger partial charge < -0.3 is 5.32 Å². The second kappa shape index (κ2) is 8.37. The zero-order chi connectivity index (χ0) is 21.1. The molecule has 0 unspecified atom stereocenters. The number of nitrogens with one attached hydrogen (secondary N) is 1. The van der Waals surface area contributed by atoms with Gasteiger partial charge in [0.1, 0.15) is 0 Å². The van der Waals surface area contributed by atoms with Gasteiger partial charge in [0.15, 0.2) is 0 Å². The van der Waals surface area contributed by atoms with Gasteiger partial charge in [-0.2, -0.15) is 9.40 Å². The molecule has 8 nitrogen and oxygen atoms in total. The molecule has 1 fully saturated rings. The van der Waals surface area contributed by atoms with Gasteiger partial charge in [0, 0.05) is 50.2 Å². The highest BCUT2D eigenvalue weighted by atomic mass is 32.2. The van der Waals surface area contributed by atoms with Crippen molar-refractivity contribution in [3.8, 4) is 11.3 Å². The Kier molecular flexibility index (Phi) is 5.65. The molecular formula is C21H23N5O3S. The van der Waals surface area contributed by atoms with Crippen molar-refractivity contribution in [2.24, 2.45) is 7.05 Å². The first-order chi connectivity index (χ1) is 14.4. The largest absolute Gasteiger partial charge is 0.348 e. The second-order valence-electron chi connectivity index (χ2n) is 7.23. The predicted octanol–water partition coefficient (Wildman–Crippen LogP) is 2.20. The van der Waals surface area contributed by atoms with Crippen LogP contribution >= 0.6 is 0 Å². The molecule has 1 saturated heterocycles. The van der Waals surface area contributed by atoms with E-state index in [0.29, 0.717) is 25.2 Å². The molecule has 2 aromatic heterocycles. The van der Waals surface area contributed by atoms with Gasteiger partial charge in [0.25, 0.3) is 5.91 Å². The van der Waals surface area contributed by atoms with Crippen LogP contribution in [0, 0.1) is 0 Å². The van der Waals surface area contributed by atoms with E-state index in [1.807, 2.05) is 25.4 Å². The Labute approximate surface area is 175 Å². The molecule has 0 bridgehead atoms. The van der Waals surface area contributed by atoms with Crippen molar-refractivity contribution in [2.75, 3.05) is 13.1 Å². The van der Waals surface area contributed by atoms with Crippen LogP contribution in [-0.4, -0.2) is 46.5 Å². The third-order valence-corrected chi connectivity index (χ3v) is 7.04. The molecular weight excluding hydrogens is 402 g/mol. The molecule has 4 rings (SSSR count). The molecule has 1 aliphatic heterocycles. The van der Waals surface area contributed by atoms with Crippen molar-refractivity contribution >= 4 is 15.9 Å². The zero-order valence-electron chi connectivity index (χ0n) is 16.7. The van der Waals surface area contributed by atoms with Gasteiger partial charge in [-0.1, -0.05) is 6.07 Å². The summed E-state index contributed by atoms with van der Waals surface area (Å²) in [6.45, 7) is 1.40. The van der Waals surface area contributed by atoms with Crippen LogP contribution in [0.25, 0.3) is 11.3 Å². The van der Waals surface area contributed by atoms with Crippen molar-refractivity contribution in [3.63, 3.8) is 0 Å². The molecule has 1 amide bonds. The van der Waals surface area contributed by atoms with Crippen molar-refractivity contribution in [2.45, 2.75) is 24.3 Å². The van der Waals surface area contributed by atoms with E-state index in [9.17, 15) is 13.2 Å². The van der Waals surface area contributed by atoms with Crippen LogP contribution in [0.5, 0.6) is 0 Å². The molecule has 1 aromatic carbocycles. The summed E-state index contributed by atoms with van der Waals surface area (Å²) in [5.41, 5.74) is 2.91. The summed E-state index contributed by atoms with van der Waals surface area (Å²) in [5.74, 6) is -0.277. The SMILES string of the molecule is Cn1cc(-c2ncccc2CNC(=O)c2ccc(S(=O)(=O)N3CCCC3)cc2)cn1. The average molecular weight is 426 g/mol. The summed E-state index contributed by atoms with van der Waals surface area (Å²) in [6, 6.07) is 9.80. The maximum absolute atomic E-state index is 12.6. The third kappa shape index (κ3) is 4.12. The summed E-state index contributed by atoms with van der Waals surface area (Å²) < 4.78 is 28.4. The maximum atomic E-state index is 12.6. The number of rotatable bonds is 6. The number of benzene rings is 1. The van der Waals surface area contributed by atoms with E-state index in [1.54, 1.807) is 29.2 Å². The minimum atomic E-state index is -3.49. The lowest BCUT2D eigenvalue weighted by atomic mass is 10.1. The van der Waals surface area contributed by atoms with Gasteiger partial charge in [-0.25, -0.2) is 8.42 Å². The van der Waals surface area contributed by atoms with Crippen LogP contribution < -0.4 is 5.32 Å². The minimum Gasteiger partial charge on any atom is -0.348 e. The van der Waals surface area contributed by atoms with E-state index in [1.165, 1.54) is 16.4 Å². The summed E-state index contributed by atoms with van der Waals surface area (Å²) >= 11 is 0. The first kappa shape index (κ1) is 20.2. The first-order valence-electron chi connectivity index (χ1n) is 9.76. The fourth-order valence-electron chi connectivity index (χ4n) is 3.52. The number of carbonyl (C=O) groups is 1. The highest BCUT2D eigenvalue weighted by Crippen LogP contribution is 2.22. The molecule has 0 saturated carbocycles. The van der Waals surface area contributed by atoms with E-state index < -0.39 is 10.0 Å². The summed E-state index contributed by atoms with van der Waals surface area (Å²) in [5, 5.41) is 7.05. The van der Waals surface area contributed by atoms with E-state index in [0.717, 1.165) is 29.7 Å². The normalized spacial score (nSPS) is 14.7. The topological polar surface area (TPSA) is 97.2 Å². The second-order valence-corrected chi connectivity index (χ2v) is 9.17. The molecule has 3 heterocycles. The fraction of sp³-hybridized carbons (Fsp3) is 0.286. The van der Waals surface area contributed by atoms with E-state index in [2.05, 4.69) is 15.4 Å². The Bertz CT molecular complexity index is 1150. The molecule has 0 aliphatic carbocycles. The van der Waals surface area contributed by atoms with E-state index in [-0.39, 0.29) is 10.8 Å². The number of aryl methyl sites for hydroxylation is 1. The number of aromatic nitrogens is 3. The zero-order valence-corrected chi connectivity index (χ0v) is 17.5. The van der Waals surface area contributed by atoms with Crippen molar-refractivity contribution in [1.82, 2.24) is 24.4 Å². The summed E-state index contributed by atoms with van der Waals surface area (Å²) in [4.78, 5) is 17.2. The van der Waals surface area contributed by atoms with Crippen molar-refractivity contribution in [1.29, 1.82) is 0 Å². The number of nitrogens with zero attached hydrogens (tertiary/aromatic N) is 4. The Morgan fingerprint density at radius 1 is 1.13 bits per heavy atom. The Morgan fingerprint density at radius 3 is 2.53 bits per heavy atom. The van der Waals surface area contributed by atoms with Crippen LogP contribution in [0.1, 0.15) is 28.8 Å². The Hall–Kier alpha value is -3.04. The quantitative estimate of drug-likeness (QED) is 0.653. The average Bonchev–Trinajstić information content (AvgIpc) is 3.45. The van der Waals surface area contributed by atoms with Crippen molar-refractivity contribution in [3.05, 3.63) is 66.1 Å². The number of pyridine rings is 1. The molecule has 30 heavy (non-hydrogen) atoms. The number of amides is 1. The standard InChI is InChI=1S/C21H23N5O3S/c1-25-15-18(14-24-25)20-17(5-4-10-22-20)13-23-21(27)16-6-8-19(9-7-16)30(28,29)26-11-2-3-12-26/h4-10,14-15H,2-3,11-13H2,1H3,(H,23,27). The van der Waals surface area contributed by atoms with Gasteiger partial charge in [0.2, 0.25) is 10.0 Å². The van der Waals surface area contributed by atoms with Gasteiger partial charge >= 0.3 is 0 Å². The molecule has 0 atom stereocenters. The lowest BCUT2D eigenvalue weighted by molar-refractivity contribution is 0.0951. The Balaban J connectivity index is 1.45. The van der Waals surface area contributed by atoms with Gasteiger partial charge in [0.05, 0.1) is 16.8 Å². The molecule has 0 radical (unpaired) electrons. The molecule has 9 heteroatoms. The summed E-state index contributed by atoms with van der Waals surface area (Å²) in [6.07, 6.45) is 7.07. The fourth-order valence-corrected chi connectivity index (χ4v) is 5.04. The van der Waals surface area contributed by atoms with Crippen LogP contribution in [0.3, 0.4) is 0 Å². The molecule has 156 valence electrons. The van der Waals surface area contributed by atoms with Crippen LogP contribution in [0.15, 0.2) is 59.9 Å². The predicted molar refractivity (Wildman–Crippen MR) is 112 cm³/mol. The molecule has 0 spiro atoms. The Morgan fingerprint density at radius 2 is 1.87 bits per heavy atom. The minimum absolute atomic E-state index is 0.215. The maximum Gasteiger partial charge on any atom is 0.251 e. The van der Waals surface area contributed by atoms with Crippen LogP contribution in [0.4, 0.5) is 0 Å². The first-order valence-corrected chi connectivity index (χ1v) is 11.2. The van der Waals surface area contributed by atoms with Gasteiger partial charge in [-0.05, 0) is 48.7 Å². The van der Waals surface area contributed by atoms with E-state index in [4.69, 9.17) is 0 Å². The monoisotopic (exact) mass is 425 g/mol. The highest BCUT2D eigenvalue weighted by Gasteiger charge is 2.27. The van der Waals surface area contributed by atoms with Crippen molar-refractivity contribution < 1.29 is 13.2 Å². The number of hydrogen-bond donors (Lipinski definition) is 1. The molecule has 1 N–H and O–H groups in total. The van der Waals surface area contributed by atoms with Crippen LogP contribution in [0.2, 0.25) is 0 Å². The number of sulfonamides is 1. The lowest BCUT2D eigenvalue weighted by Crippen LogP contribution is -2.28. The summed E-state index contributed by atoms with van der Waals surface area (Å²) in [7, 11) is -1.65. The number of carbonyl (C=O) groups excluding carboxylic acids is 1.